The lowest BCUT2D eigenvalue weighted by Crippen LogP contribution is -2.42. The topological polar surface area (TPSA) is 108 Å². The van der Waals surface area contributed by atoms with Crippen molar-refractivity contribution in [2.24, 2.45) is 0 Å². The van der Waals surface area contributed by atoms with Crippen LogP contribution >= 0.6 is 0 Å². The van der Waals surface area contributed by atoms with Gasteiger partial charge in [0.25, 0.3) is 5.91 Å². The number of methoxy groups -OCH3 is 1. The van der Waals surface area contributed by atoms with Gasteiger partial charge in [0.05, 0.1) is 43.5 Å². The third-order valence-corrected chi connectivity index (χ3v) is 4.27. The lowest BCUT2D eigenvalue weighted by molar-refractivity contribution is -0.0271. The van der Waals surface area contributed by atoms with E-state index in [9.17, 15) is 4.79 Å². The predicted molar refractivity (Wildman–Crippen MR) is 93.8 cm³/mol. The van der Waals surface area contributed by atoms with Crippen molar-refractivity contribution >= 4 is 16.9 Å². The zero-order valence-electron chi connectivity index (χ0n) is 14.9. The van der Waals surface area contributed by atoms with Crippen LogP contribution in [0.3, 0.4) is 0 Å². The molecule has 0 spiro atoms. The second-order valence-corrected chi connectivity index (χ2v) is 6.09. The Kier molecular flexibility index (Phi) is 4.99. The molecule has 0 saturated carbocycles. The van der Waals surface area contributed by atoms with Crippen molar-refractivity contribution in [2.75, 3.05) is 33.4 Å². The first-order valence-corrected chi connectivity index (χ1v) is 8.64. The highest BCUT2D eigenvalue weighted by Gasteiger charge is 2.29. The molecule has 1 aromatic carbocycles. The SMILES string of the molecule is COCCn1nnc(C2CN(C(=O)c3cnc4ccccc4n3)CCO2)n1. The minimum atomic E-state index is -0.424. The lowest BCUT2D eigenvalue weighted by atomic mass is 10.2. The van der Waals surface area contributed by atoms with Crippen molar-refractivity contribution in [3.05, 3.63) is 42.0 Å². The molecule has 0 radical (unpaired) electrons. The van der Waals surface area contributed by atoms with Crippen LogP contribution in [0.1, 0.15) is 22.4 Å². The standard InChI is InChI=1S/C17H19N7O3/c1-26-8-7-24-21-16(20-22-24)15-11-23(6-9-27-15)17(25)14-10-18-12-4-2-3-5-13(12)19-14/h2-5,10,15H,6-9,11H2,1H3. The Morgan fingerprint density at radius 2 is 2.19 bits per heavy atom. The maximum absolute atomic E-state index is 12.9. The van der Waals surface area contributed by atoms with E-state index in [1.54, 1.807) is 12.0 Å². The fourth-order valence-electron chi connectivity index (χ4n) is 2.86. The Labute approximate surface area is 155 Å². The average molecular weight is 369 g/mol. The Morgan fingerprint density at radius 3 is 3.04 bits per heavy atom. The van der Waals surface area contributed by atoms with Crippen molar-refractivity contribution in [1.29, 1.82) is 0 Å². The van der Waals surface area contributed by atoms with Gasteiger partial charge in [0, 0.05) is 13.7 Å². The molecule has 1 atom stereocenters. The maximum atomic E-state index is 12.9. The lowest BCUT2D eigenvalue weighted by Gasteiger charge is -2.31. The Hall–Kier alpha value is -2.98. The molecule has 0 aliphatic carbocycles. The second-order valence-electron chi connectivity index (χ2n) is 6.09. The fourth-order valence-corrected chi connectivity index (χ4v) is 2.86. The summed E-state index contributed by atoms with van der Waals surface area (Å²) in [5.41, 5.74) is 1.76. The summed E-state index contributed by atoms with van der Waals surface area (Å²) in [5.74, 6) is 0.265. The van der Waals surface area contributed by atoms with Crippen LogP contribution in [0.2, 0.25) is 0 Å². The smallest absolute Gasteiger partial charge is 0.274 e. The van der Waals surface area contributed by atoms with Crippen molar-refractivity contribution in [3.8, 4) is 0 Å². The number of carbonyl (C=O) groups excluding carboxylic acids is 1. The van der Waals surface area contributed by atoms with Gasteiger partial charge in [-0.15, -0.1) is 10.2 Å². The summed E-state index contributed by atoms with van der Waals surface area (Å²) in [6, 6.07) is 7.45. The molecule has 3 heterocycles. The van der Waals surface area contributed by atoms with Gasteiger partial charge in [0.2, 0.25) is 5.82 Å². The van der Waals surface area contributed by atoms with Crippen LogP contribution < -0.4 is 0 Å². The molecule has 0 bridgehead atoms. The van der Waals surface area contributed by atoms with Gasteiger partial charge in [-0.1, -0.05) is 12.1 Å². The van der Waals surface area contributed by atoms with E-state index < -0.39 is 6.10 Å². The first-order chi connectivity index (χ1) is 13.2. The summed E-state index contributed by atoms with van der Waals surface area (Å²) in [5, 5.41) is 12.3. The first kappa shape index (κ1) is 17.4. The summed E-state index contributed by atoms with van der Waals surface area (Å²) < 4.78 is 10.7. The van der Waals surface area contributed by atoms with Crippen molar-refractivity contribution in [1.82, 2.24) is 35.1 Å². The molecular weight excluding hydrogens is 350 g/mol. The number of ether oxygens (including phenoxy) is 2. The van der Waals surface area contributed by atoms with Gasteiger partial charge in [0.15, 0.2) is 0 Å². The fraction of sp³-hybridized carbons (Fsp3) is 0.412. The van der Waals surface area contributed by atoms with E-state index in [1.165, 1.54) is 11.0 Å². The average Bonchev–Trinajstić information content (AvgIpc) is 3.20. The third-order valence-electron chi connectivity index (χ3n) is 4.27. The minimum Gasteiger partial charge on any atom is -0.383 e. The van der Waals surface area contributed by atoms with Gasteiger partial charge in [-0.05, 0) is 17.3 Å². The van der Waals surface area contributed by atoms with Gasteiger partial charge in [-0.3, -0.25) is 9.78 Å². The molecule has 1 aliphatic rings. The summed E-state index contributed by atoms with van der Waals surface area (Å²) in [6.07, 6.45) is 1.08. The molecule has 2 aromatic heterocycles. The third kappa shape index (κ3) is 3.76. The van der Waals surface area contributed by atoms with Gasteiger partial charge >= 0.3 is 0 Å². The molecule has 3 aromatic rings. The van der Waals surface area contributed by atoms with E-state index in [2.05, 4.69) is 25.4 Å². The molecule has 10 nitrogen and oxygen atoms in total. The van der Waals surface area contributed by atoms with Gasteiger partial charge < -0.3 is 14.4 Å². The monoisotopic (exact) mass is 369 g/mol. The van der Waals surface area contributed by atoms with Gasteiger partial charge in [-0.2, -0.15) is 4.80 Å². The van der Waals surface area contributed by atoms with E-state index >= 15 is 0 Å². The normalized spacial score (nSPS) is 17.4. The molecule has 1 aliphatic heterocycles. The van der Waals surface area contributed by atoms with Crippen LogP contribution in [-0.2, 0) is 16.0 Å². The number of nitrogens with zero attached hydrogens (tertiary/aromatic N) is 7. The number of rotatable bonds is 5. The number of benzene rings is 1. The predicted octanol–water partition coefficient (Wildman–Crippen LogP) is 0.476. The number of carbonyl (C=O) groups is 1. The van der Waals surface area contributed by atoms with Crippen LogP contribution in [0.5, 0.6) is 0 Å². The number of para-hydroxylation sites is 2. The van der Waals surface area contributed by atoms with Crippen molar-refractivity contribution in [2.45, 2.75) is 12.6 Å². The highest BCUT2D eigenvalue weighted by Crippen LogP contribution is 2.20. The highest BCUT2D eigenvalue weighted by atomic mass is 16.5. The summed E-state index contributed by atoms with van der Waals surface area (Å²) >= 11 is 0. The number of amides is 1. The van der Waals surface area contributed by atoms with E-state index in [4.69, 9.17) is 9.47 Å². The molecule has 1 saturated heterocycles. The van der Waals surface area contributed by atoms with Crippen molar-refractivity contribution in [3.63, 3.8) is 0 Å². The van der Waals surface area contributed by atoms with Crippen LogP contribution in [0, 0.1) is 0 Å². The van der Waals surface area contributed by atoms with Gasteiger partial charge in [-0.25, -0.2) is 4.98 Å². The number of hydrogen-bond acceptors (Lipinski definition) is 8. The maximum Gasteiger partial charge on any atom is 0.274 e. The molecule has 140 valence electrons. The zero-order chi connectivity index (χ0) is 18.6. The Balaban J connectivity index is 1.48. The second kappa shape index (κ2) is 7.72. The molecule has 10 heteroatoms. The summed E-state index contributed by atoms with van der Waals surface area (Å²) in [6.45, 7) is 2.20. The molecule has 0 N–H and O–H groups in total. The van der Waals surface area contributed by atoms with Gasteiger partial charge in [0.1, 0.15) is 11.8 Å². The molecule has 1 unspecified atom stereocenters. The quantitative estimate of drug-likeness (QED) is 0.639. The number of morpholine rings is 1. The van der Waals surface area contributed by atoms with Crippen LogP contribution in [0.4, 0.5) is 0 Å². The van der Waals surface area contributed by atoms with E-state index in [0.29, 0.717) is 49.9 Å². The number of aromatic nitrogens is 6. The van der Waals surface area contributed by atoms with E-state index in [-0.39, 0.29) is 5.91 Å². The van der Waals surface area contributed by atoms with E-state index in [1.807, 2.05) is 24.3 Å². The van der Waals surface area contributed by atoms with Crippen LogP contribution in [0.15, 0.2) is 30.5 Å². The molecule has 1 fully saturated rings. The van der Waals surface area contributed by atoms with Crippen molar-refractivity contribution < 1.29 is 14.3 Å². The van der Waals surface area contributed by atoms with E-state index in [0.717, 1.165) is 5.52 Å². The Morgan fingerprint density at radius 1 is 1.33 bits per heavy atom. The molecule has 27 heavy (non-hydrogen) atoms. The first-order valence-electron chi connectivity index (χ1n) is 8.64. The molecule has 4 rings (SSSR count). The number of tetrazole rings is 1. The zero-order valence-corrected chi connectivity index (χ0v) is 14.9. The highest BCUT2D eigenvalue weighted by molar-refractivity contribution is 5.93. The number of fused-ring (bicyclic) bond motifs is 1. The van der Waals surface area contributed by atoms with Crippen LogP contribution in [0.25, 0.3) is 11.0 Å². The summed E-state index contributed by atoms with van der Waals surface area (Å²) in [4.78, 5) is 24.7. The Bertz CT molecular complexity index is 945. The van der Waals surface area contributed by atoms with Crippen LogP contribution in [-0.4, -0.2) is 74.4 Å². The number of hydrogen-bond donors (Lipinski definition) is 0. The molecule has 1 amide bonds. The summed E-state index contributed by atoms with van der Waals surface area (Å²) in [7, 11) is 1.61. The minimum absolute atomic E-state index is 0.187. The molecular formula is C17H19N7O3. The largest absolute Gasteiger partial charge is 0.383 e.